The molecule has 1 heterocycles. The molecule has 22 heavy (non-hydrogen) atoms. The van der Waals surface area contributed by atoms with E-state index in [2.05, 4.69) is 12.2 Å². The molecular formula is C18H26N2O2. The first-order valence-electron chi connectivity index (χ1n) is 8.02. The molecule has 1 aromatic carbocycles. The maximum Gasteiger partial charge on any atom is 0.227 e. The minimum atomic E-state index is -0.0563. The molecule has 0 aliphatic carbocycles. The molecule has 2 aromatic rings. The van der Waals surface area contributed by atoms with Crippen LogP contribution in [-0.4, -0.2) is 30.9 Å². The third kappa shape index (κ3) is 3.50. The molecule has 0 saturated carbocycles. The molecule has 2 rings (SSSR count). The van der Waals surface area contributed by atoms with Crippen molar-refractivity contribution < 1.29 is 9.21 Å². The molecule has 0 aliphatic rings. The highest BCUT2D eigenvalue weighted by Gasteiger charge is 2.26. The van der Waals surface area contributed by atoms with Crippen LogP contribution in [0.25, 0.3) is 11.0 Å². The summed E-state index contributed by atoms with van der Waals surface area (Å²) >= 11 is 0. The van der Waals surface area contributed by atoms with Gasteiger partial charge < -0.3 is 14.6 Å². The van der Waals surface area contributed by atoms with Crippen LogP contribution < -0.4 is 5.32 Å². The van der Waals surface area contributed by atoms with Crippen molar-refractivity contribution in [3.8, 4) is 0 Å². The number of carbonyl (C=O) groups excluding carboxylic acids is 1. The Morgan fingerprint density at radius 2 is 2.05 bits per heavy atom. The first-order valence-corrected chi connectivity index (χ1v) is 8.02. The summed E-state index contributed by atoms with van der Waals surface area (Å²) in [6.45, 7) is 7.52. The number of furan rings is 1. The molecule has 0 bridgehead atoms. The van der Waals surface area contributed by atoms with Crippen LogP contribution in [0.1, 0.15) is 39.0 Å². The molecule has 1 N–H and O–H groups in total. The summed E-state index contributed by atoms with van der Waals surface area (Å²) in [6.07, 6.45) is 0.933. The predicted molar refractivity (Wildman–Crippen MR) is 89.7 cm³/mol. The quantitative estimate of drug-likeness (QED) is 0.850. The summed E-state index contributed by atoms with van der Waals surface area (Å²) in [7, 11) is 1.87. The molecule has 2 atom stereocenters. The van der Waals surface area contributed by atoms with E-state index >= 15 is 0 Å². The maximum atomic E-state index is 12.7. The Labute approximate surface area is 132 Å². The van der Waals surface area contributed by atoms with Gasteiger partial charge in [0.1, 0.15) is 11.3 Å². The fourth-order valence-electron chi connectivity index (χ4n) is 2.77. The van der Waals surface area contributed by atoms with Crippen LogP contribution in [0.2, 0.25) is 0 Å². The zero-order valence-electron chi connectivity index (χ0n) is 13.9. The normalized spacial score (nSPS) is 14.0. The second kappa shape index (κ2) is 7.45. The number of rotatable bonds is 7. The zero-order valence-corrected chi connectivity index (χ0v) is 13.9. The lowest BCUT2D eigenvalue weighted by atomic mass is 10.1. The molecule has 0 fully saturated rings. The Kier molecular flexibility index (Phi) is 5.61. The van der Waals surface area contributed by atoms with Crippen molar-refractivity contribution in [1.29, 1.82) is 0 Å². The maximum absolute atomic E-state index is 12.7. The fourth-order valence-corrected chi connectivity index (χ4v) is 2.77. The SMILES string of the molecule is CCCN(C(=O)C(C)CNC)C(C)c1cc2ccccc2o1. The van der Waals surface area contributed by atoms with E-state index in [4.69, 9.17) is 4.42 Å². The number of nitrogens with zero attached hydrogens (tertiary/aromatic N) is 1. The largest absolute Gasteiger partial charge is 0.459 e. The molecule has 4 heteroatoms. The van der Waals surface area contributed by atoms with Crippen LogP contribution in [0.15, 0.2) is 34.7 Å². The van der Waals surface area contributed by atoms with Crippen molar-refractivity contribution in [2.24, 2.45) is 5.92 Å². The molecular weight excluding hydrogens is 276 g/mol. The van der Waals surface area contributed by atoms with Gasteiger partial charge >= 0.3 is 0 Å². The van der Waals surface area contributed by atoms with E-state index in [-0.39, 0.29) is 17.9 Å². The average Bonchev–Trinajstić information content (AvgIpc) is 2.95. The Morgan fingerprint density at radius 1 is 1.32 bits per heavy atom. The summed E-state index contributed by atoms with van der Waals surface area (Å²) in [6, 6.07) is 9.93. The van der Waals surface area contributed by atoms with E-state index in [1.807, 2.05) is 56.1 Å². The van der Waals surface area contributed by atoms with Crippen molar-refractivity contribution in [1.82, 2.24) is 10.2 Å². The van der Waals surface area contributed by atoms with Gasteiger partial charge in [0.2, 0.25) is 5.91 Å². The van der Waals surface area contributed by atoms with Gasteiger partial charge in [0, 0.05) is 24.4 Å². The van der Waals surface area contributed by atoms with Crippen molar-refractivity contribution in [3.05, 3.63) is 36.1 Å². The Morgan fingerprint density at radius 3 is 2.68 bits per heavy atom. The monoisotopic (exact) mass is 302 g/mol. The smallest absolute Gasteiger partial charge is 0.227 e. The number of nitrogens with one attached hydrogen (secondary N) is 1. The van der Waals surface area contributed by atoms with Crippen molar-refractivity contribution in [2.45, 2.75) is 33.2 Å². The van der Waals surface area contributed by atoms with Gasteiger partial charge in [-0.3, -0.25) is 4.79 Å². The third-order valence-corrected chi connectivity index (χ3v) is 4.00. The molecule has 120 valence electrons. The van der Waals surface area contributed by atoms with Crippen molar-refractivity contribution >= 4 is 16.9 Å². The van der Waals surface area contributed by atoms with Crippen LogP contribution in [0.5, 0.6) is 0 Å². The second-order valence-corrected chi connectivity index (χ2v) is 5.85. The lowest BCUT2D eigenvalue weighted by Gasteiger charge is -2.30. The highest BCUT2D eigenvalue weighted by Crippen LogP contribution is 2.28. The zero-order chi connectivity index (χ0) is 16.1. The van der Waals surface area contributed by atoms with Crippen LogP contribution in [0.4, 0.5) is 0 Å². The Balaban J connectivity index is 2.24. The molecule has 1 amide bonds. The van der Waals surface area contributed by atoms with E-state index < -0.39 is 0 Å². The number of hydrogen-bond acceptors (Lipinski definition) is 3. The summed E-state index contributed by atoms with van der Waals surface area (Å²) in [5, 5.41) is 4.15. The number of carbonyl (C=O) groups is 1. The van der Waals surface area contributed by atoms with Gasteiger partial charge in [0.15, 0.2) is 0 Å². The van der Waals surface area contributed by atoms with E-state index in [1.54, 1.807) is 0 Å². The number of amides is 1. The highest BCUT2D eigenvalue weighted by molar-refractivity contribution is 5.80. The van der Waals surface area contributed by atoms with E-state index in [0.29, 0.717) is 6.54 Å². The number of para-hydroxylation sites is 1. The lowest BCUT2D eigenvalue weighted by molar-refractivity contribution is -0.137. The van der Waals surface area contributed by atoms with Gasteiger partial charge in [0.25, 0.3) is 0 Å². The summed E-state index contributed by atoms with van der Waals surface area (Å²) in [5.41, 5.74) is 0.872. The summed E-state index contributed by atoms with van der Waals surface area (Å²) in [4.78, 5) is 14.6. The van der Waals surface area contributed by atoms with Gasteiger partial charge in [0.05, 0.1) is 6.04 Å². The minimum Gasteiger partial charge on any atom is -0.459 e. The van der Waals surface area contributed by atoms with Crippen LogP contribution in [0, 0.1) is 5.92 Å². The molecule has 0 saturated heterocycles. The van der Waals surface area contributed by atoms with E-state index in [1.165, 1.54) is 0 Å². The van der Waals surface area contributed by atoms with Crippen molar-refractivity contribution in [2.75, 3.05) is 20.1 Å². The van der Waals surface area contributed by atoms with Crippen LogP contribution in [0.3, 0.4) is 0 Å². The molecule has 0 aliphatic heterocycles. The van der Waals surface area contributed by atoms with Gasteiger partial charge in [-0.05, 0) is 32.5 Å². The first-order chi connectivity index (χ1) is 10.6. The van der Waals surface area contributed by atoms with Gasteiger partial charge in [-0.15, -0.1) is 0 Å². The fraction of sp³-hybridized carbons (Fsp3) is 0.500. The lowest BCUT2D eigenvalue weighted by Crippen LogP contribution is -2.40. The van der Waals surface area contributed by atoms with E-state index in [9.17, 15) is 4.79 Å². The Hall–Kier alpha value is -1.81. The van der Waals surface area contributed by atoms with E-state index in [0.717, 1.165) is 29.7 Å². The molecule has 0 spiro atoms. The van der Waals surface area contributed by atoms with Crippen molar-refractivity contribution in [3.63, 3.8) is 0 Å². The summed E-state index contributed by atoms with van der Waals surface area (Å²) < 4.78 is 5.94. The van der Waals surface area contributed by atoms with Gasteiger partial charge in [-0.2, -0.15) is 0 Å². The third-order valence-electron chi connectivity index (χ3n) is 4.00. The van der Waals surface area contributed by atoms with Gasteiger partial charge in [-0.25, -0.2) is 0 Å². The second-order valence-electron chi connectivity index (χ2n) is 5.85. The van der Waals surface area contributed by atoms with Gasteiger partial charge in [-0.1, -0.05) is 32.0 Å². The average molecular weight is 302 g/mol. The van der Waals surface area contributed by atoms with Crippen LogP contribution in [-0.2, 0) is 4.79 Å². The minimum absolute atomic E-state index is 0.0385. The molecule has 0 radical (unpaired) electrons. The standard InChI is InChI=1S/C18H26N2O2/c1-5-10-20(18(21)13(2)12-19-4)14(3)17-11-15-8-6-7-9-16(15)22-17/h6-9,11,13-14,19H,5,10,12H2,1-4H3. The molecule has 2 unspecified atom stereocenters. The summed E-state index contributed by atoms with van der Waals surface area (Å²) in [5.74, 6) is 0.979. The number of hydrogen-bond donors (Lipinski definition) is 1. The number of fused-ring (bicyclic) bond motifs is 1. The topological polar surface area (TPSA) is 45.5 Å². The Bertz CT molecular complexity index is 587. The molecule has 1 aromatic heterocycles. The number of benzene rings is 1. The highest BCUT2D eigenvalue weighted by atomic mass is 16.3. The molecule has 4 nitrogen and oxygen atoms in total. The van der Waals surface area contributed by atoms with Crippen LogP contribution >= 0.6 is 0 Å². The predicted octanol–water partition coefficient (Wildman–Crippen LogP) is 3.59. The first kappa shape index (κ1) is 16.6.